The maximum Gasteiger partial charge on any atom is 0.417 e. The molecule has 2 saturated heterocycles. The van der Waals surface area contributed by atoms with Gasteiger partial charge in [0.25, 0.3) is 23.6 Å². The second-order valence-corrected chi connectivity index (χ2v) is 14.0. The lowest BCUT2D eigenvalue weighted by Crippen LogP contribution is -2.53. The van der Waals surface area contributed by atoms with Gasteiger partial charge in [0.2, 0.25) is 0 Å². The smallest absolute Gasteiger partial charge is 0.417 e. The minimum Gasteiger partial charge on any atom is -0.507 e. The molecule has 2 aliphatic heterocycles. The highest BCUT2D eigenvalue weighted by atomic mass is 35.5. The largest absolute Gasteiger partial charge is 0.507 e. The summed E-state index contributed by atoms with van der Waals surface area (Å²) in [6.07, 6.45) is -2.48. The number of hydrazine groups is 1. The molecule has 260 valence electrons. The van der Waals surface area contributed by atoms with E-state index in [4.69, 9.17) is 23.2 Å². The molecule has 4 amide bonds. The molecule has 4 aromatic rings. The molecule has 3 heterocycles. The van der Waals surface area contributed by atoms with Gasteiger partial charge in [-0.2, -0.15) is 23.2 Å². The summed E-state index contributed by atoms with van der Waals surface area (Å²) >= 11 is 12.5. The van der Waals surface area contributed by atoms with E-state index in [-0.39, 0.29) is 29.5 Å². The third-order valence-electron chi connectivity index (χ3n) is 10.8. The molecule has 0 radical (unpaired) electrons. The van der Waals surface area contributed by atoms with Crippen LogP contribution in [0.1, 0.15) is 35.4 Å². The molecule has 2 aliphatic carbocycles. The molecule has 0 spiro atoms. The molecule has 3 fully saturated rings. The van der Waals surface area contributed by atoms with Gasteiger partial charge in [0.05, 0.1) is 33.8 Å². The van der Waals surface area contributed by atoms with Crippen molar-refractivity contribution in [1.29, 1.82) is 0 Å². The molecule has 6 atom stereocenters. The van der Waals surface area contributed by atoms with E-state index in [1.807, 2.05) is 0 Å². The van der Waals surface area contributed by atoms with Gasteiger partial charge in [-0.3, -0.25) is 29.8 Å². The fraction of sp³-hybridized carbons (Fsp3) is 0.250. The summed E-state index contributed by atoms with van der Waals surface area (Å²) in [5, 5.41) is 23.0. The number of aromatic hydroxyl groups is 1. The van der Waals surface area contributed by atoms with E-state index in [0.717, 1.165) is 0 Å². The molecule has 1 aromatic heterocycles. The van der Waals surface area contributed by atoms with Crippen molar-refractivity contribution in [1.82, 2.24) is 15.1 Å². The number of benzene rings is 3. The van der Waals surface area contributed by atoms with Crippen LogP contribution in [0, 0.1) is 23.7 Å². The van der Waals surface area contributed by atoms with Gasteiger partial charge in [-0.25, -0.2) is 4.98 Å². The number of hydroxylamine groups is 2. The van der Waals surface area contributed by atoms with E-state index in [9.17, 15) is 37.9 Å². The molecular formula is C36H25Cl2F3N4O6. The number of carbonyl (C=O) groups is 4. The van der Waals surface area contributed by atoms with Gasteiger partial charge >= 0.3 is 6.18 Å². The Morgan fingerprint density at radius 3 is 2.29 bits per heavy atom. The monoisotopic (exact) mass is 736 g/mol. The van der Waals surface area contributed by atoms with Gasteiger partial charge in [0.1, 0.15) is 5.75 Å². The van der Waals surface area contributed by atoms with Gasteiger partial charge in [-0.1, -0.05) is 77.3 Å². The highest BCUT2D eigenvalue weighted by Gasteiger charge is 2.70. The first kappa shape index (κ1) is 33.2. The van der Waals surface area contributed by atoms with E-state index < -0.39 is 75.4 Å². The summed E-state index contributed by atoms with van der Waals surface area (Å²) in [6, 6.07) is 17.1. The normalized spacial score (nSPS) is 27.4. The number of anilines is 1. The van der Waals surface area contributed by atoms with E-state index in [0.29, 0.717) is 49.8 Å². The number of hydrogen-bond acceptors (Lipinski definition) is 8. The van der Waals surface area contributed by atoms with Crippen molar-refractivity contribution >= 4 is 63.4 Å². The number of carbonyl (C=O) groups excluding carboxylic acids is 4. The Hall–Kier alpha value is -4.98. The Kier molecular flexibility index (Phi) is 7.50. The van der Waals surface area contributed by atoms with Gasteiger partial charge in [-0.05, 0) is 59.5 Å². The molecule has 3 N–H and O–H groups in total. The molecular weight excluding hydrogens is 712 g/mol. The lowest BCUT2D eigenvalue weighted by Gasteiger charge is -2.50. The number of imide groups is 2. The second kappa shape index (κ2) is 11.5. The van der Waals surface area contributed by atoms with E-state index in [2.05, 4.69) is 10.4 Å². The maximum atomic E-state index is 15.3. The SMILES string of the molecule is O=C1[C@H]2[C@H](CC=C3[C@H]2C[C@H]2C(=O)N(Nc4ncc(C(F)(F)F)cc4Cl)C(=O)[C@@]2(c2ccc(Cl)cc2)[C@H]3c2ccc(O)c3ccccc23)C(=O)N1O. The Balaban J connectivity index is 1.38. The van der Waals surface area contributed by atoms with Crippen LogP contribution in [0.4, 0.5) is 19.0 Å². The Morgan fingerprint density at radius 1 is 0.902 bits per heavy atom. The number of phenolic OH excluding ortho intramolecular Hbond substituents is 1. The first-order valence-corrected chi connectivity index (χ1v) is 16.6. The summed E-state index contributed by atoms with van der Waals surface area (Å²) < 4.78 is 40.3. The number of amides is 4. The number of rotatable bonds is 4. The zero-order valence-corrected chi connectivity index (χ0v) is 27.6. The number of fused-ring (bicyclic) bond motifs is 5. The number of phenols is 1. The zero-order chi connectivity index (χ0) is 36.1. The number of aromatic nitrogens is 1. The quantitative estimate of drug-likeness (QED) is 0.120. The summed E-state index contributed by atoms with van der Waals surface area (Å²) in [5.74, 6) is -8.49. The van der Waals surface area contributed by atoms with Crippen LogP contribution in [-0.2, 0) is 30.8 Å². The van der Waals surface area contributed by atoms with Gasteiger partial charge in [-0.15, -0.1) is 0 Å². The Morgan fingerprint density at radius 2 is 1.61 bits per heavy atom. The van der Waals surface area contributed by atoms with Gasteiger partial charge < -0.3 is 5.11 Å². The fourth-order valence-corrected chi connectivity index (χ4v) is 9.00. The van der Waals surface area contributed by atoms with Crippen molar-refractivity contribution in [3.63, 3.8) is 0 Å². The first-order valence-electron chi connectivity index (χ1n) is 15.9. The van der Waals surface area contributed by atoms with Crippen molar-refractivity contribution in [2.75, 3.05) is 5.43 Å². The molecule has 8 rings (SSSR count). The molecule has 4 aliphatic rings. The minimum atomic E-state index is -4.76. The topological polar surface area (TPSA) is 140 Å². The number of nitrogens with one attached hydrogen (secondary N) is 1. The number of pyridine rings is 1. The molecule has 0 unspecified atom stereocenters. The van der Waals surface area contributed by atoms with Crippen LogP contribution in [0.3, 0.4) is 0 Å². The van der Waals surface area contributed by atoms with Crippen molar-refractivity contribution in [3.05, 3.63) is 111 Å². The van der Waals surface area contributed by atoms with Crippen molar-refractivity contribution in [2.24, 2.45) is 23.7 Å². The lowest BCUT2D eigenvalue weighted by molar-refractivity contribution is -0.173. The molecule has 0 bridgehead atoms. The predicted molar refractivity (Wildman–Crippen MR) is 176 cm³/mol. The average Bonchev–Trinajstić information content (AvgIpc) is 3.46. The van der Waals surface area contributed by atoms with E-state index in [1.54, 1.807) is 60.7 Å². The number of allylic oxidation sites excluding steroid dienone is 2. The molecule has 1 saturated carbocycles. The van der Waals surface area contributed by atoms with Crippen molar-refractivity contribution in [2.45, 2.75) is 30.4 Å². The lowest BCUT2D eigenvalue weighted by atomic mass is 9.49. The molecule has 51 heavy (non-hydrogen) atoms. The second-order valence-electron chi connectivity index (χ2n) is 13.1. The number of halogens is 5. The fourth-order valence-electron chi connectivity index (χ4n) is 8.67. The molecule has 3 aromatic carbocycles. The van der Waals surface area contributed by atoms with Crippen LogP contribution in [0.5, 0.6) is 5.75 Å². The number of nitrogens with zero attached hydrogens (tertiary/aromatic N) is 3. The third-order valence-corrected chi connectivity index (χ3v) is 11.3. The van der Waals surface area contributed by atoms with Crippen LogP contribution in [0.15, 0.2) is 84.6 Å². The number of hydrogen-bond donors (Lipinski definition) is 3. The summed E-state index contributed by atoms with van der Waals surface area (Å²) in [5.41, 5.74) is 1.19. The predicted octanol–water partition coefficient (Wildman–Crippen LogP) is 6.64. The van der Waals surface area contributed by atoms with E-state index >= 15 is 4.79 Å². The summed E-state index contributed by atoms with van der Waals surface area (Å²) in [6.45, 7) is 0. The van der Waals surface area contributed by atoms with Crippen molar-refractivity contribution in [3.8, 4) is 5.75 Å². The third kappa shape index (κ3) is 4.71. The number of alkyl halides is 3. The van der Waals surface area contributed by atoms with Gasteiger partial charge in [0, 0.05) is 22.5 Å². The Labute approximate surface area is 297 Å². The summed E-state index contributed by atoms with van der Waals surface area (Å²) in [4.78, 5) is 60.2. The zero-order valence-electron chi connectivity index (χ0n) is 26.1. The maximum absolute atomic E-state index is 15.3. The molecule has 10 nitrogen and oxygen atoms in total. The van der Waals surface area contributed by atoms with Gasteiger partial charge in [0.15, 0.2) is 5.82 Å². The van der Waals surface area contributed by atoms with Crippen LogP contribution >= 0.6 is 23.2 Å². The van der Waals surface area contributed by atoms with Crippen molar-refractivity contribution < 1.29 is 42.7 Å². The Bertz CT molecular complexity index is 2230. The average molecular weight is 738 g/mol. The van der Waals surface area contributed by atoms with Crippen LogP contribution in [-0.4, -0.2) is 49.0 Å². The highest BCUT2D eigenvalue weighted by Crippen LogP contribution is 2.64. The van der Waals surface area contributed by atoms with Crippen LogP contribution in [0.2, 0.25) is 10.0 Å². The van der Waals surface area contributed by atoms with Crippen LogP contribution < -0.4 is 5.43 Å². The minimum absolute atomic E-state index is 0.0379. The first-order chi connectivity index (χ1) is 24.2. The molecule has 15 heteroatoms. The van der Waals surface area contributed by atoms with E-state index in [1.165, 1.54) is 6.07 Å². The highest BCUT2D eigenvalue weighted by molar-refractivity contribution is 6.33. The van der Waals surface area contributed by atoms with Crippen LogP contribution in [0.25, 0.3) is 10.8 Å². The summed E-state index contributed by atoms with van der Waals surface area (Å²) in [7, 11) is 0. The standard InChI is InChI=1S/C36H25Cl2F3N4O6/c37-18-7-5-16(6-8-18)35-25(32(48)44(34(35)50)43-30-26(38)13-17(15-42-30)36(39,40)41)14-24-22(9-10-23-28(24)33(49)45(51)31(23)47)29(35)21-11-12-27(46)20-4-2-1-3-19(20)21/h1-9,11-13,15,23-25,28-29,46,51H,10,14H2,(H,42,43)/t23-,24+,25-,28-,29-,35+/m0/s1.